The monoisotopic (exact) mass is 452 g/mol. The summed E-state index contributed by atoms with van der Waals surface area (Å²) < 4.78 is 1.95. The van der Waals surface area contributed by atoms with E-state index in [1.807, 2.05) is 47.3 Å². The van der Waals surface area contributed by atoms with E-state index in [-0.39, 0.29) is 11.8 Å². The van der Waals surface area contributed by atoms with Crippen molar-refractivity contribution in [2.75, 3.05) is 18.0 Å². The van der Waals surface area contributed by atoms with Crippen LogP contribution in [0.25, 0.3) is 11.3 Å². The molecule has 2 aromatic heterocycles. The van der Waals surface area contributed by atoms with Crippen LogP contribution in [0.5, 0.6) is 0 Å². The maximum atomic E-state index is 13.1. The summed E-state index contributed by atoms with van der Waals surface area (Å²) in [5.41, 5.74) is 4.15. The lowest BCUT2D eigenvalue weighted by Gasteiger charge is -2.32. The Morgan fingerprint density at radius 1 is 1.03 bits per heavy atom. The van der Waals surface area contributed by atoms with Crippen LogP contribution >= 0.6 is 0 Å². The van der Waals surface area contributed by atoms with E-state index >= 15 is 0 Å². The molecule has 0 aliphatic carbocycles. The summed E-state index contributed by atoms with van der Waals surface area (Å²) >= 11 is 0. The molecule has 1 aliphatic heterocycles. The molecule has 2 aromatic carbocycles. The zero-order valence-corrected chi connectivity index (χ0v) is 19.0. The van der Waals surface area contributed by atoms with Crippen LogP contribution < -0.4 is 10.2 Å². The first kappa shape index (κ1) is 21.8. The number of rotatable bonds is 7. The molecule has 1 atom stereocenters. The summed E-state index contributed by atoms with van der Waals surface area (Å²) in [7, 11) is 0. The molecule has 172 valence electrons. The highest BCUT2D eigenvalue weighted by molar-refractivity contribution is 5.79. The Morgan fingerprint density at radius 2 is 1.82 bits per heavy atom. The number of nitrogens with one attached hydrogen (secondary N) is 1. The van der Waals surface area contributed by atoms with Crippen molar-refractivity contribution in [3.63, 3.8) is 0 Å². The molecule has 1 amide bonds. The van der Waals surface area contributed by atoms with Crippen LogP contribution in [0.4, 0.5) is 5.82 Å². The summed E-state index contributed by atoms with van der Waals surface area (Å²) in [5.74, 6) is 0.826. The highest BCUT2D eigenvalue weighted by Crippen LogP contribution is 2.24. The summed E-state index contributed by atoms with van der Waals surface area (Å²) in [6.45, 7) is 2.68. The van der Waals surface area contributed by atoms with Crippen molar-refractivity contribution in [1.82, 2.24) is 25.1 Å². The van der Waals surface area contributed by atoms with Gasteiger partial charge < -0.3 is 10.2 Å². The second-order valence-electron chi connectivity index (χ2n) is 8.62. The SMILES string of the molecule is O=C(NCc1cn(Cc2ccccc2)nc1-c1ccccc1)C1CCCN(c2cnccn2)C1. The van der Waals surface area contributed by atoms with Crippen molar-refractivity contribution in [2.24, 2.45) is 5.92 Å². The molecule has 1 saturated heterocycles. The van der Waals surface area contributed by atoms with E-state index in [2.05, 4.69) is 44.5 Å². The van der Waals surface area contributed by atoms with Gasteiger partial charge in [-0.2, -0.15) is 5.10 Å². The number of carbonyl (C=O) groups is 1. The second kappa shape index (κ2) is 10.3. The standard InChI is InChI=1S/C27H28N6O/c34-27(23-12-7-15-32(19-23)25-17-28-13-14-29-25)30-16-24-20-33(18-21-8-3-1-4-9-21)31-26(24)22-10-5-2-6-11-22/h1-6,8-11,13-14,17,20,23H,7,12,15-16,18-19H2,(H,30,34). The van der Waals surface area contributed by atoms with Crippen LogP contribution in [-0.4, -0.2) is 38.7 Å². The third kappa shape index (κ3) is 5.14. The van der Waals surface area contributed by atoms with E-state index in [0.29, 0.717) is 19.6 Å². The Balaban J connectivity index is 1.29. The third-order valence-electron chi connectivity index (χ3n) is 6.19. The Kier molecular flexibility index (Phi) is 6.61. The van der Waals surface area contributed by atoms with Crippen molar-refractivity contribution < 1.29 is 4.79 Å². The van der Waals surface area contributed by atoms with Crippen LogP contribution in [0, 0.1) is 5.92 Å². The van der Waals surface area contributed by atoms with Gasteiger partial charge in [0.15, 0.2) is 0 Å². The summed E-state index contributed by atoms with van der Waals surface area (Å²) in [5, 5.41) is 8.03. The van der Waals surface area contributed by atoms with Crippen molar-refractivity contribution in [3.8, 4) is 11.3 Å². The minimum Gasteiger partial charge on any atom is -0.355 e. The zero-order valence-electron chi connectivity index (χ0n) is 19.0. The van der Waals surface area contributed by atoms with Gasteiger partial charge in [0.1, 0.15) is 5.82 Å². The number of hydrogen-bond donors (Lipinski definition) is 1. The fourth-order valence-electron chi connectivity index (χ4n) is 4.46. The number of aromatic nitrogens is 4. The lowest BCUT2D eigenvalue weighted by molar-refractivity contribution is -0.125. The molecule has 3 heterocycles. The lowest BCUT2D eigenvalue weighted by atomic mass is 9.97. The quantitative estimate of drug-likeness (QED) is 0.460. The number of nitrogens with zero attached hydrogens (tertiary/aromatic N) is 5. The second-order valence-corrected chi connectivity index (χ2v) is 8.62. The highest BCUT2D eigenvalue weighted by atomic mass is 16.1. The van der Waals surface area contributed by atoms with Crippen molar-refractivity contribution in [1.29, 1.82) is 0 Å². The molecule has 7 heteroatoms. The van der Waals surface area contributed by atoms with Crippen LogP contribution in [0.15, 0.2) is 85.5 Å². The molecular weight excluding hydrogens is 424 g/mol. The van der Waals surface area contributed by atoms with Crippen LogP contribution in [-0.2, 0) is 17.9 Å². The van der Waals surface area contributed by atoms with E-state index in [0.717, 1.165) is 42.0 Å². The van der Waals surface area contributed by atoms with Crippen LogP contribution in [0.3, 0.4) is 0 Å². The molecule has 0 saturated carbocycles. The maximum absolute atomic E-state index is 13.1. The molecule has 1 aliphatic rings. The molecule has 1 N–H and O–H groups in total. The van der Waals surface area contributed by atoms with E-state index in [1.54, 1.807) is 18.6 Å². The van der Waals surface area contributed by atoms with Gasteiger partial charge in [0, 0.05) is 49.4 Å². The van der Waals surface area contributed by atoms with Crippen molar-refractivity contribution >= 4 is 11.7 Å². The highest BCUT2D eigenvalue weighted by Gasteiger charge is 2.27. The van der Waals surface area contributed by atoms with Gasteiger partial charge in [0.05, 0.1) is 24.4 Å². The predicted octanol–water partition coefficient (Wildman–Crippen LogP) is 3.92. The normalized spacial score (nSPS) is 15.8. The molecule has 0 radical (unpaired) electrons. The van der Waals surface area contributed by atoms with Gasteiger partial charge in [-0.15, -0.1) is 0 Å². The number of hydrogen-bond acceptors (Lipinski definition) is 5. The van der Waals surface area contributed by atoms with Crippen LogP contribution in [0.2, 0.25) is 0 Å². The lowest BCUT2D eigenvalue weighted by Crippen LogP contribution is -2.43. The minimum absolute atomic E-state index is 0.0726. The average Bonchev–Trinajstić information content (AvgIpc) is 3.31. The van der Waals surface area contributed by atoms with E-state index in [9.17, 15) is 4.79 Å². The summed E-state index contributed by atoms with van der Waals surface area (Å²) in [4.78, 5) is 23.8. The first-order chi connectivity index (χ1) is 16.8. The Labute approximate surface area is 199 Å². The van der Waals surface area contributed by atoms with E-state index in [1.165, 1.54) is 5.56 Å². The number of amides is 1. The largest absolute Gasteiger partial charge is 0.355 e. The fourth-order valence-corrected chi connectivity index (χ4v) is 4.46. The molecule has 1 unspecified atom stereocenters. The van der Waals surface area contributed by atoms with Gasteiger partial charge in [-0.1, -0.05) is 60.7 Å². The average molecular weight is 453 g/mol. The molecular formula is C27H28N6O. The number of anilines is 1. The van der Waals surface area contributed by atoms with Gasteiger partial charge in [0.25, 0.3) is 0 Å². The van der Waals surface area contributed by atoms with Gasteiger partial charge in [-0.05, 0) is 18.4 Å². The summed E-state index contributed by atoms with van der Waals surface area (Å²) in [6, 6.07) is 20.4. The van der Waals surface area contributed by atoms with Gasteiger partial charge >= 0.3 is 0 Å². The predicted molar refractivity (Wildman–Crippen MR) is 132 cm³/mol. The number of benzene rings is 2. The Morgan fingerprint density at radius 3 is 2.59 bits per heavy atom. The summed E-state index contributed by atoms with van der Waals surface area (Å²) in [6.07, 6.45) is 8.99. The first-order valence-corrected chi connectivity index (χ1v) is 11.7. The molecule has 34 heavy (non-hydrogen) atoms. The Bertz CT molecular complexity index is 1210. The minimum atomic E-state index is -0.0738. The smallest absolute Gasteiger partial charge is 0.225 e. The topological polar surface area (TPSA) is 75.9 Å². The molecule has 5 rings (SSSR count). The third-order valence-corrected chi connectivity index (χ3v) is 6.19. The first-order valence-electron chi connectivity index (χ1n) is 11.7. The number of piperidine rings is 1. The molecule has 0 bridgehead atoms. The molecule has 4 aromatic rings. The number of carbonyl (C=O) groups excluding carboxylic acids is 1. The van der Waals surface area contributed by atoms with Crippen molar-refractivity contribution in [3.05, 3.63) is 96.6 Å². The molecule has 7 nitrogen and oxygen atoms in total. The van der Waals surface area contributed by atoms with Gasteiger partial charge in [0.2, 0.25) is 5.91 Å². The van der Waals surface area contributed by atoms with E-state index < -0.39 is 0 Å². The Hall–Kier alpha value is -4.00. The van der Waals surface area contributed by atoms with Crippen molar-refractivity contribution in [2.45, 2.75) is 25.9 Å². The van der Waals surface area contributed by atoms with E-state index in [4.69, 9.17) is 5.10 Å². The van der Waals surface area contributed by atoms with Gasteiger partial charge in [-0.25, -0.2) is 4.98 Å². The van der Waals surface area contributed by atoms with Gasteiger partial charge in [-0.3, -0.25) is 14.5 Å². The maximum Gasteiger partial charge on any atom is 0.225 e. The zero-order chi connectivity index (χ0) is 23.2. The molecule has 0 spiro atoms. The molecule has 1 fully saturated rings. The van der Waals surface area contributed by atoms with Crippen LogP contribution in [0.1, 0.15) is 24.0 Å². The fraction of sp³-hybridized carbons (Fsp3) is 0.259.